The van der Waals surface area contributed by atoms with Crippen molar-refractivity contribution in [1.82, 2.24) is 35.6 Å². The fraction of sp³-hybridized carbons (Fsp3) is 0.683. The monoisotopic (exact) mass is 889 g/mol. The van der Waals surface area contributed by atoms with Gasteiger partial charge in [-0.15, -0.1) is 0 Å². The highest BCUT2D eigenvalue weighted by Gasteiger charge is 2.56. The zero-order chi connectivity index (χ0) is 45.4. The van der Waals surface area contributed by atoms with Crippen molar-refractivity contribution in [2.45, 2.75) is 135 Å². The molecule has 0 aliphatic carbocycles. The fourth-order valence-electron chi connectivity index (χ4n) is 7.44. The van der Waals surface area contributed by atoms with E-state index in [0.717, 1.165) is 23.6 Å². The number of amides is 7. The topological polar surface area (TPSA) is 169 Å². The summed E-state index contributed by atoms with van der Waals surface area (Å²) in [7, 11) is 4.37. The molecule has 7 amide bonds. The van der Waals surface area contributed by atoms with E-state index in [1.807, 2.05) is 13.8 Å². The first kappa shape index (κ1) is 50.2. The van der Waals surface area contributed by atoms with Gasteiger partial charge in [-0.25, -0.2) is 0 Å². The molecule has 3 N–H and O–H groups in total. The SMILES string of the molecule is CC[C@H]1NC(=O)[C@H](Cc2cc(Cl)ccc2Cl)N(C)C(=O)[C@H](CC(C)C)NC(=O)[C@@H](N(C)C(=O)[C@H](C)NC(=O)[C@@H]2CCCN2C(=O)C(C)(C)C(F)(F)F)CCCCN(C)C1=O. The zero-order valence-corrected chi connectivity index (χ0v) is 37.4. The van der Waals surface area contributed by atoms with Crippen LogP contribution >= 0.6 is 23.2 Å². The summed E-state index contributed by atoms with van der Waals surface area (Å²) in [5.41, 5.74) is -2.27. The van der Waals surface area contributed by atoms with Gasteiger partial charge in [0.25, 0.3) is 0 Å². The molecular weight excluding hydrogens is 830 g/mol. The number of hydrogen-bond donors (Lipinski definition) is 3. The van der Waals surface area contributed by atoms with E-state index < -0.39 is 83.3 Å². The molecule has 1 aromatic rings. The number of carbonyl (C=O) groups is 7. The molecule has 2 heterocycles. The third-order valence-corrected chi connectivity index (χ3v) is 12.0. The predicted octanol–water partition coefficient (Wildman–Crippen LogP) is 4.34. The zero-order valence-electron chi connectivity index (χ0n) is 35.9. The molecule has 0 radical (unpaired) electrons. The van der Waals surface area contributed by atoms with Crippen molar-refractivity contribution in [3.8, 4) is 0 Å². The highest BCUT2D eigenvalue weighted by atomic mass is 35.5. The third-order valence-electron chi connectivity index (χ3n) is 11.4. The summed E-state index contributed by atoms with van der Waals surface area (Å²) in [4.78, 5) is 101. The molecule has 3 rings (SSSR count). The van der Waals surface area contributed by atoms with Crippen LogP contribution in [-0.2, 0) is 40.0 Å². The molecule has 2 saturated heterocycles. The number of nitrogens with zero attached hydrogens (tertiary/aromatic N) is 4. The maximum atomic E-state index is 14.4. The fourth-order valence-corrected chi connectivity index (χ4v) is 7.83. The van der Waals surface area contributed by atoms with E-state index in [-0.39, 0.29) is 63.4 Å². The van der Waals surface area contributed by atoms with Crippen LogP contribution in [0.4, 0.5) is 13.2 Å². The molecule has 2 aliphatic rings. The second-order valence-corrected chi connectivity index (χ2v) is 17.6. The number of hydrogen-bond acceptors (Lipinski definition) is 7. The summed E-state index contributed by atoms with van der Waals surface area (Å²) >= 11 is 12.8. The lowest BCUT2D eigenvalue weighted by Gasteiger charge is -2.35. The summed E-state index contributed by atoms with van der Waals surface area (Å²) in [5.74, 6) is -5.16. The van der Waals surface area contributed by atoms with Gasteiger partial charge < -0.3 is 35.6 Å². The van der Waals surface area contributed by atoms with Crippen LogP contribution in [0.15, 0.2) is 18.2 Å². The lowest BCUT2D eigenvalue weighted by atomic mass is 9.90. The van der Waals surface area contributed by atoms with Crippen molar-refractivity contribution < 1.29 is 46.7 Å². The van der Waals surface area contributed by atoms with E-state index in [1.54, 1.807) is 32.2 Å². The first-order valence-corrected chi connectivity index (χ1v) is 21.1. The average molecular weight is 891 g/mol. The number of likely N-dealkylation sites (tertiary alicyclic amines) is 1. The van der Waals surface area contributed by atoms with Crippen LogP contribution in [-0.4, -0.2) is 138 Å². The molecule has 60 heavy (non-hydrogen) atoms. The summed E-state index contributed by atoms with van der Waals surface area (Å²) < 4.78 is 41.2. The molecule has 0 saturated carbocycles. The van der Waals surface area contributed by atoms with Crippen molar-refractivity contribution in [3.63, 3.8) is 0 Å². The van der Waals surface area contributed by atoms with Gasteiger partial charge in [0.05, 0.1) is 0 Å². The summed E-state index contributed by atoms with van der Waals surface area (Å²) in [5, 5.41) is 8.84. The minimum absolute atomic E-state index is 0.0635. The van der Waals surface area contributed by atoms with E-state index in [1.165, 1.54) is 30.8 Å². The molecule has 14 nitrogen and oxygen atoms in total. The normalized spacial score (nSPS) is 23.6. The van der Waals surface area contributed by atoms with Gasteiger partial charge >= 0.3 is 6.18 Å². The average Bonchev–Trinajstić information content (AvgIpc) is 3.67. The maximum Gasteiger partial charge on any atom is 0.402 e. The lowest BCUT2D eigenvalue weighted by molar-refractivity contribution is -0.217. The van der Waals surface area contributed by atoms with Crippen LogP contribution in [0.5, 0.6) is 0 Å². The minimum Gasteiger partial charge on any atom is -0.344 e. The molecule has 0 unspecified atom stereocenters. The molecule has 6 atom stereocenters. The van der Waals surface area contributed by atoms with Gasteiger partial charge in [0.15, 0.2) is 0 Å². The van der Waals surface area contributed by atoms with Gasteiger partial charge in [-0.3, -0.25) is 33.6 Å². The van der Waals surface area contributed by atoms with Crippen molar-refractivity contribution in [2.24, 2.45) is 11.3 Å². The van der Waals surface area contributed by atoms with Crippen LogP contribution in [0, 0.1) is 11.3 Å². The molecule has 2 fully saturated rings. The molecule has 1 aromatic carbocycles. The first-order valence-electron chi connectivity index (χ1n) is 20.3. The molecule has 19 heteroatoms. The van der Waals surface area contributed by atoms with Gasteiger partial charge in [-0.05, 0) is 95.4 Å². The Labute approximate surface area is 360 Å². The Morgan fingerprint density at radius 3 is 2.15 bits per heavy atom. The standard InChI is InChI=1S/C41H60Cl2F3N7O7/c1-10-28-37(58)50(7)18-12-11-14-30(51(8)36(57)24(4)47-34(55)31-15-13-19-53(31)39(60)40(5,6)41(44,45)46)33(54)49-29(20-23(2)3)38(59)52(9)32(35(56)48-28)22-25-21-26(42)16-17-27(25)43/h16-17,21,23-24,28-32H,10-15,18-20,22H2,1-9H3,(H,47,55)(H,48,56)(H,49,54)/t24-,28+,29-,30-,31-,32-/m0/s1. The van der Waals surface area contributed by atoms with E-state index in [4.69, 9.17) is 23.2 Å². The van der Waals surface area contributed by atoms with Gasteiger partial charge in [0, 0.05) is 50.7 Å². The van der Waals surface area contributed by atoms with Crippen molar-refractivity contribution in [3.05, 3.63) is 33.8 Å². The number of likely N-dealkylation sites (N-methyl/N-ethyl adjacent to an activating group) is 3. The van der Waals surface area contributed by atoms with Gasteiger partial charge in [0.1, 0.15) is 41.7 Å². The Bertz CT molecular complexity index is 1760. The number of halogens is 5. The summed E-state index contributed by atoms with van der Waals surface area (Å²) in [6, 6.07) is -2.23. The number of carbonyl (C=O) groups excluding carboxylic acids is 7. The Kier molecular flexibility index (Phi) is 17.7. The Morgan fingerprint density at radius 2 is 1.55 bits per heavy atom. The molecule has 0 bridgehead atoms. The quantitative estimate of drug-likeness (QED) is 0.314. The van der Waals surface area contributed by atoms with E-state index >= 15 is 0 Å². The van der Waals surface area contributed by atoms with Crippen LogP contribution in [0.3, 0.4) is 0 Å². The second-order valence-electron chi connectivity index (χ2n) is 16.8. The minimum atomic E-state index is -4.86. The predicted molar refractivity (Wildman–Crippen MR) is 221 cm³/mol. The molecule has 2 aliphatic heterocycles. The van der Waals surface area contributed by atoms with Crippen LogP contribution in [0.25, 0.3) is 0 Å². The van der Waals surface area contributed by atoms with Crippen LogP contribution in [0.2, 0.25) is 10.0 Å². The number of rotatable bonds is 10. The largest absolute Gasteiger partial charge is 0.402 e. The molecule has 336 valence electrons. The summed E-state index contributed by atoms with van der Waals surface area (Å²) in [6.45, 7) is 8.52. The van der Waals surface area contributed by atoms with Crippen molar-refractivity contribution >= 4 is 64.6 Å². The molecular formula is C41H60Cl2F3N7O7. The van der Waals surface area contributed by atoms with Crippen molar-refractivity contribution in [2.75, 3.05) is 34.2 Å². The highest BCUT2D eigenvalue weighted by Crippen LogP contribution is 2.40. The Balaban J connectivity index is 1.96. The van der Waals surface area contributed by atoms with E-state index in [2.05, 4.69) is 16.0 Å². The Morgan fingerprint density at radius 1 is 0.917 bits per heavy atom. The van der Waals surface area contributed by atoms with Gasteiger partial charge in [0.2, 0.25) is 41.4 Å². The van der Waals surface area contributed by atoms with Crippen molar-refractivity contribution in [1.29, 1.82) is 0 Å². The number of nitrogens with one attached hydrogen (secondary N) is 3. The number of alkyl halides is 3. The van der Waals surface area contributed by atoms with Crippen LogP contribution < -0.4 is 16.0 Å². The number of benzene rings is 1. The second kappa shape index (κ2) is 21.1. The van der Waals surface area contributed by atoms with Crippen LogP contribution in [0.1, 0.15) is 92.1 Å². The highest BCUT2D eigenvalue weighted by molar-refractivity contribution is 6.33. The third kappa shape index (κ3) is 12.3. The smallest absolute Gasteiger partial charge is 0.344 e. The van der Waals surface area contributed by atoms with E-state index in [0.29, 0.717) is 28.5 Å². The Hall–Kier alpha value is -4.12. The van der Waals surface area contributed by atoms with E-state index in [9.17, 15) is 46.7 Å². The van der Waals surface area contributed by atoms with Gasteiger partial charge in [-0.1, -0.05) is 44.0 Å². The first-order chi connectivity index (χ1) is 27.8. The summed E-state index contributed by atoms with van der Waals surface area (Å²) in [6.07, 6.45) is -3.31. The maximum absolute atomic E-state index is 14.4. The van der Waals surface area contributed by atoms with Gasteiger partial charge in [-0.2, -0.15) is 13.2 Å². The molecule has 0 spiro atoms. The lowest BCUT2D eigenvalue weighted by Crippen LogP contribution is -2.60. The molecule has 0 aromatic heterocycles.